The molecule has 2 aromatic heterocycles. The quantitative estimate of drug-likeness (QED) is 0.795. The molecule has 0 aliphatic heterocycles. The Kier molecular flexibility index (Phi) is 2.13. The van der Waals surface area contributed by atoms with E-state index in [1.165, 1.54) is 0 Å². The molecule has 0 fully saturated rings. The van der Waals surface area contributed by atoms with E-state index in [9.17, 15) is 0 Å². The van der Waals surface area contributed by atoms with Gasteiger partial charge in [-0.05, 0) is 15.9 Å². The fraction of sp³-hybridized carbons (Fsp3) is 0.125. The lowest BCUT2D eigenvalue weighted by molar-refractivity contribution is 0.589. The summed E-state index contributed by atoms with van der Waals surface area (Å²) >= 11 is 8.41. The van der Waals surface area contributed by atoms with Crippen LogP contribution in [0, 0.1) is 4.51 Å². The van der Waals surface area contributed by atoms with Crippen molar-refractivity contribution in [1.82, 2.24) is 0 Å². The van der Waals surface area contributed by atoms with E-state index in [4.69, 9.17) is 21.1 Å². The molecule has 2 heterocycles. The van der Waals surface area contributed by atoms with E-state index in [0.29, 0.717) is 21.6 Å². The van der Waals surface area contributed by atoms with Crippen LogP contribution < -0.4 is 5.32 Å². The molecule has 0 radical (unpaired) electrons. The van der Waals surface area contributed by atoms with Crippen molar-refractivity contribution in [3.8, 4) is 0 Å². The summed E-state index contributed by atoms with van der Waals surface area (Å²) in [7, 11) is 1.77. The van der Waals surface area contributed by atoms with Gasteiger partial charge in [0.1, 0.15) is 6.26 Å². The highest BCUT2D eigenvalue weighted by Gasteiger charge is 2.08. The van der Waals surface area contributed by atoms with E-state index < -0.39 is 0 Å². The Morgan fingerprint density at radius 2 is 2.23 bits per heavy atom. The molecule has 68 valence electrons. The van der Waals surface area contributed by atoms with Gasteiger partial charge in [-0.2, -0.15) is 0 Å². The first-order chi connectivity index (χ1) is 6.22. The van der Waals surface area contributed by atoms with Crippen molar-refractivity contribution in [3.05, 3.63) is 21.3 Å². The van der Waals surface area contributed by atoms with Crippen LogP contribution in [0.5, 0.6) is 0 Å². The minimum Gasteiger partial charge on any atom is -0.458 e. The molecule has 0 amide bonds. The molecule has 13 heavy (non-hydrogen) atoms. The Morgan fingerprint density at radius 3 is 2.92 bits per heavy atom. The molecule has 0 saturated carbocycles. The van der Waals surface area contributed by atoms with Gasteiger partial charge in [0.15, 0.2) is 17.1 Å². The lowest BCUT2D eigenvalue weighted by atomic mass is 10.4. The minimum absolute atomic E-state index is 0.598. The first-order valence-corrected chi connectivity index (χ1v) is 4.81. The van der Waals surface area contributed by atoms with Crippen LogP contribution in [0.15, 0.2) is 25.6 Å². The van der Waals surface area contributed by atoms with E-state index in [1.54, 1.807) is 19.4 Å². The Balaban J connectivity index is 2.88. The molecule has 0 saturated heterocycles. The van der Waals surface area contributed by atoms with E-state index in [0.717, 1.165) is 4.47 Å². The molecule has 0 aliphatic carbocycles. The van der Waals surface area contributed by atoms with Gasteiger partial charge >= 0.3 is 0 Å². The van der Waals surface area contributed by atoms with Crippen molar-refractivity contribution in [2.75, 3.05) is 12.4 Å². The zero-order valence-corrected chi connectivity index (χ0v) is 9.16. The third kappa shape index (κ3) is 1.38. The highest BCUT2D eigenvalue weighted by molar-refractivity contribution is 9.10. The lowest BCUT2D eigenvalue weighted by Gasteiger charge is -1.97. The van der Waals surface area contributed by atoms with Crippen LogP contribution in [-0.4, -0.2) is 7.05 Å². The van der Waals surface area contributed by atoms with E-state index in [-0.39, 0.29) is 0 Å². The summed E-state index contributed by atoms with van der Waals surface area (Å²) in [5.74, 6) is 0.625. The second-order valence-corrected chi connectivity index (χ2v) is 3.76. The van der Waals surface area contributed by atoms with E-state index in [1.807, 2.05) is 0 Å². The maximum atomic E-state index is 5.44. The molecule has 5 heteroatoms. The average molecular weight is 260 g/mol. The fourth-order valence-corrected chi connectivity index (χ4v) is 1.64. The number of halogens is 1. The van der Waals surface area contributed by atoms with Crippen LogP contribution in [0.2, 0.25) is 0 Å². The molecule has 0 unspecified atom stereocenters. The normalized spacial score (nSPS) is 10.6. The van der Waals surface area contributed by atoms with Gasteiger partial charge in [0.25, 0.3) is 0 Å². The van der Waals surface area contributed by atoms with Gasteiger partial charge in [-0.15, -0.1) is 0 Å². The molecular weight excluding hydrogens is 254 g/mol. The third-order valence-electron chi connectivity index (χ3n) is 1.65. The highest BCUT2D eigenvalue weighted by atomic mass is 79.9. The Bertz CT molecular complexity index is 502. The molecule has 1 N–H and O–H groups in total. The highest BCUT2D eigenvalue weighted by Crippen LogP contribution is 2.29. The number of nitrogens with one attached hydrogen (secondary N) is 1. The molecule has 0 aromatic carbocycles. The minimum atomic E-state index is 0.598. The summed E-state index contributed by atoms with van der Waals surface area (Å²) in [6.45, 7) is 0. The molecule has 0 bridgehead atoms. The summed E-state index contributed by atoms with van der Waals surface area (Å²) < 4.78 is 12.1. The van der Waals surface area contributed by atoms with Crippen LogP contribution in [0.25, 0.3) is 11.2 Å². The van der Waals surface area contributed by atoms with Gasteiger partial charge in [0.2, 0.25) is 0 Å². The second-order valence-electron chi connectivity index (χ2n) is 2.47. The maximum Gasteiger partial charge on any atom is 0.195 e. The number of fused-ring (bicyclic) bond motifs is 1. The molecule has 0 aliphatic rings. The van der Waals surface area contributed by atoms with Crippen LogP contribution in [0.4, 0.5) is 5.88 Å². The Labute approximate surface area is 87.9 Å². The second kappa shape index (κ2) is 3.16. The molecule has 0 atom stereocenters. The first kappa shape index (κ1) is 8.77. The van der Waals surface area contributed by atoms with Crippen molar-refractivity contribution in [2.24, 2.45) is 0 Å². The van der Waals surface area contributed by atoms with Gasteiger partial charge in [-0.1, -0.05) is 12.2 Å². The van der Waals surface area contributed by atoms with Crippen molar-refractivity contribution in [2.45, 2.75) is 0 Å². The van der Waals surface area contributed by atoms with Crippen LogP contribution in [0.3, 0.4) is 0 Å². The van der Waals surface area contributed by atoms with Crippen LogP contribution >= 0.6 is 28.1 Å². The first-order valence-electron chi connectivity index (χ1n) is 3.61. The predicted molar refractivity (Wildman–Crippen MR) is 56.6 cm³/mol. The number of hydrogen-bond acceptors (Lipinski definition) is 4. The van der Waals surface area contributed by atoms with Crippen LogP contribution in [0.1, 0.15) is 0 Å². The smallest absolute Gasteiger partial charge is 0.195 e. The molecule has 2 rings (SSSR count). The van der Waals surface area contributed by atoms with Gasteiger partial charge in [0, 0.05) is 13.1 Å². The SMILES string of the molecule is CNc1cc(=S)c2occ(Br)c2o1. The molecule has 3 nitrogen and oxygen atoms in total. The number of rotatable bonds is 1. The molecule has 0 spiro atoms. The summed E-state index contributed by atoms with van der Waals surface area (Å²) in [5.41, 5.74) is 1.23. The average Bonchev–Trinajstić information content (AvgIpc) is 2.48. The number of hydrogen-bond donors (Lipinski definition) is 1. The van der Waals surface area contributed by atoms with Crippen molar-refractivity contribution in [3.63, 3.8) is 0 Å². The standard InChI is InChI=1S/C8H6BrNO2S/c1-10-6-2-5(13)8-7(12-6)4(9)3-11-8/h2-3,10H,1H3. The van der Waals surface area contributed by atoms with Gasteiger partial charge in [0.05, 0.1) is 8.98 Å². The predicted octanol–water partition coefficient (Wildman–Crippen LogP) is 3.56. The lowest BCUT2D eigenvalue weighted by Crippen LogP contribution is -1.86. The summed E-state index contributed by atoms with van der Waals surface area (Å²) in [6.07, 6.45) is 1.56. The van der Waals surface area contributed by atoms with Crippen molar-refractivity contribution < 1.29 is 8.83 Å². The molecular formula is C8H6BrNO2S. The van der Waals surface area contributed by atoms with E-state index in [2.05, 4.69) is 21.2 Å². The molecule has 2 aromatic rings. The zero-order chi connectivity index (χ0) is 9.42. The summed E-state index contributed by atoms with van der Waals surface area (Å²) in [4.78, 5) is 0. The van der Waals surface area contributed by atoms with E-state index >= 15 is 0 Å². The zero-order valence-electron chi connectivity index (χ0n) is 6.76. The van der Waals surface area contributed by atoms with Crippen LogP contribution in [-0.2, 0) is 0 Å². The van der Waals surface area contributed by atoms with Gasteiger partial charge < -0.3 is 14.2 Å². The summed E-state index contributed by atoms with van der Waals surface area (Å²) in [6, 6.07) is 1.72. The van der Waals surface area contributed by atoms with Crippen molar-refractivity contribution in [1.29, 1.82) is 0 Å². The monoisotopic (exact) mass is 259 g/mol. The number of furan rings is 1. The van der Waals surface area contributed by atoms with Gasteiger partial charge in [-0.25, -0.2) is 0 Å². The summed E-state index contributed by atoms with van der Waals surface area (Å²) in [5, 5.41) is 2.88. The third-order valence-corrected chi connectivity index (χ3v) is 2.50. The fourth-order valence-electron chi connectivity index (χ4n) is 1.04. The Hall–Kier alpha value is -0.810. The van der Waals surface area contributed by atoms with Gasteiger partial charge in [-0.3, -0.25) is 0 Å². The largest absolute Gasteiger partial charge is 0.458 e. The Morgan fingerprint density at radius 1 is 1.46 bits per heavy atom. The number of anilines is 1. The van der Waals surface area contributed by atoms with Crippen molar-refractivity contribution >= 4 is 45.2 Å². The topological polar surface area (TPSA) is 38.3 Å². The maximum absolute atomic E-state index is 5.44.